The second kappa shape index (κ2) is 6.44. The van der Waals surface area contributed by atoms with Gasteiger partial charge in [-0.2, -0.15) is 10.2 Å². The first-order valence-electron chi connectivity index (χ1n) is 6.86. The minimum Gasteiger partial charge on any atom is -0.352 e. The van der Waals surface area contributed by atoms with E-state index in [0.717, 1.165) is 12.4 Å². The van der Waals surface area contributed by atoms with E-state index in [9.17, 15) is 25.0 Å². The van der Waals surface area contributed by atoms with E-state index in [-0.39, 0.29) is 24.5 Å². The van der Waals surface area contributed by atoms with Crippen molar-refractivity contribution < 1.29 is 14.6 Å². The summed E-state index contributed by atoms with van der Waals surface area (Å²) < 4.78 is 2.55. The molecular weight excluding hydrogens is 322 g/mol. The van der Waals surface area contributed by atoms with E-state index in [1.807, 2.05) is 0 Å². The molecule has 0 spiro atoms. The minimum atomic E-state index is -1.13. The zero-order valence-corrected chi connectivity index (χ0v) is 12.9. The van der Waals surface area contributed by atoms with Crippen molar-refractivity contribution in [1.82, 2.24) is 24.9 Å². The van der Waals surface area contributed by atoms with Gasteiger partial charge in [-0.05, 0) is 13.8 Å². The van der Waals surface area contributed by atoms with Crippen molar-refractivity contribution in [2.24, 2.45) is 0 Å². The van der Waals surface area contributed by atoms with E-state index in [4.69, 9.17) is 0 Å². The van der Waals surface area contributed by atoms with Crippen LogP contribution in [0.4, 0.5) is 11.4 Å². The smallest absolute Gasteiger partial charge is 0.307 e. The molecule has 2 aromatic rings. The molecule has 1 amide bonds. The summed E-state index contributed by atoms with van der Waals surface area (Å²) in [6.07, 6.45) is 4.62. The number of hydrogen-bond donors (Lipinski definition) is 1. The molecule has 2 rings (SSSR count). The third-order valence-electron chi connectivity index (χ3n) is 3.37. The van der Waals surface area contributed by atoms with Crippen molar-refractivity contribution in [2.75, 3.05) is 6.54 Å². The number of aromatic nitrogens is 4. The molecule has 0 fully saturated rings. The highest BCUT2D eigenvalue weighted by Crippen LogP contribution is 2.18. The molecule has 2 aromatic heterocycles. The van der Waals surface area contributed by atoms with Crippen LogP contribution in [0.25, 0.3) is 0 Å². The Morgan fingerprint density at radius 3 is 2.29 bits per heavy atom. The lowest BCUT2D eigenvalue weighted by Gasteiger charge is -2.23. The van der Waals surface area contributed by atoms with E-state index in [1.54, 1.807) is 13.8 Å². The number of rotatable bonds is 7. The first-order chi connectivity index (χ1) is 11.2. The minimum absolute atomic E-state index is 0.134. The van der Waals surface area contributed by atoms with Crippen LogP contribution in [0.5, 0.6) is 0 Å². The summed E-state index contributed by atoms with van der Waals surface area (Å²) in [5.41, 5.74) is -1.48. The first kappa shape index (κ1) is 17.1. The Balaban J connectivity index is 1.94. The van der Waals surface area contributed by atoms with Crippen LogP contribution in [-0.4, -0.2) is 41.9 Å². The lowest BCUT2D eigenvalue weighted by Crippen LogP contribution is -2.45. The molecule has 0 aliphatic heterocycles. The molecule has 0 aromatic carbocycles. The monoisotopic (exact) mass is 337 g/mol. The van der Waals surface area contributed by atoms with Crippen LogP contribution in [0.15, 0.2) is 24.8 Å². The number of carbonyl (C=O) groups excluding carboxylic acids is 1. The number of nitrogens with zero attached hydrogens (tertiary/aromatic N) is 6. The fraction of sp³-hybridized carbons (Fsp3) is 0.417. The fourth-order valence-corrected chi connectivity index (χ4v) is 1.89. The van der Waals surface area contributed by atoms with E-state index in [0.29, 0.717) is 0 Å². The largest absolute Gasteiger partial charge is 0.352 e. The summed E-state index contributed by atoms with van der Waals surface area (Å²) in [6.45, 7) is 3.56. The van der Waals surface area contributed by atoms with Crippen molar-refractivity contribution >= 4 is 17.3 Å². The van der Waals surface area contributed by atoms with Crippen molar-refractivity contribution in [3.8, 4) is 0 Å². The van der Waals surface area contributed by atoms with Crippen LogP contribution >= 0.6 is 0 Å². The SMILES string of the molecule is CC(C)(C(=O)NCCn1cc([N+](=O)[O-])cn1)n1cc([N+](=O)[O-])cn1. The predicted molar refractivity (Wildman–Crippen MR) is 80.1 cm³/mol. The van der Waals surface area contributed by atoms with Crippen molar-refractivity contribution in [3.05, 3.63) is 45.0 Å². The summed E-state index contributed by atoms with van der Waals surface area (Å²) in [6, 6.07) is 0. The molecule has 12 heteroatoms. The lowest BCUT2D eigenvalue weighted by molar-refractivity contribution is -0.385. The zero-order chi connectivity index (χ0) is 17.9. The Hall–Kier alpha value is -3.31. The van der Waals surface area contributed by atoms with E-state index < -0.39 is 21.3 Å². The quantitative estimate of drug-likeness (QED) is 0.568. The van der Waals surface area contributed by atoms with E-state index >= 15 is 0 Å². The highest BCUT2D eigenvalue weighted by atomic mass is 16.6. The van der Waals surface area contributed by atoms with Gasteiger partial charge in [0.1, 0.15) is 30.3 Å². The molecular formula is C12H15N7O5. The molecule has 12 nitrogen and oxygen atoms in total. The van der Waals surface area contributed by atoms with Crippen molar-refractivity contribution in [1.29, 1.82) is 0 Å². The molecule has 0 unspecified atom stereocenters. The Labute approximate surface area is 135 Å². The van der Waals surface area contributed by atoms with Crippen LogP contribution in [-0.2, 0) is 16.9 Å². The summed E-state index contributed by atoms with van der Waals surface area (Å²) in [5, 5.41) is 31.5. The lowest BCUT2D eigenvalue weighted by atomic mass is 10.1. The van der Waals surface area contributed by atoms with E-state index in [2.05, 4.69) is 15.5 Å². The standard InChI is InChI=1S/C12H15N7O5/c1-12(2,17-8-10(6-15-17)19(23)24)11(20)13-3-4-16-7-9(5-14-16)18(21)22/h5-8H,3-4H2,1-2H3,(H,13,20). The third kappa shape index (κ3) is 3.53. The first-order valence-corrected chi connectivity index (χ1v) is 6.86. The van der Waals surface area contributed by atoms with Gasteiger partial charge in [-0.3, -0.25) is 34.4 Å². The van der Waals surface area contributed by atoms with Gasteiger partial charge >= 0.3 is 11.4 Å². The zero-order valence-electron chi connectivity index (χ0n) is 12.9. The summed E-state index contributed by atoms with van der Waals surface area (Å²) in [4.78, 5) is 32.4. The van der Waals surface area contributed by atoms with Gasteiger partial charge in [0, 0.05) is 6.54 Å². The molecule has 1 N–H and O–H groups in total. The van der Waals surface area contributed by atoms with Gasteiger partial charge in [0.2, 0.25) is 5.91 Å². The maximum Gasteiger partial charge on any atom is 0.307 e. The number of amides is 1. The van der Waals surface area contributed by atoms with Crippen LogP contribution in [0.3, 0.4) is 0 Å². The maximum atomic E-state index is 12.3. The highest BCUT2D eigenvalue weighted by Gasteiger charge is 2.31. The van der Waals surface area contributed by atoms with Gasteiger partial charge in [0.15, 0.2) is 0 Å². The molecule has 0 aliphatic rings. The van der Waals surface area contributed by atoms with Crippen molar-refractivity contribution in [3.63, 3.8) is 0 Å². The summed E-state index contributed by atoms with van der Waals surface area (Å²) in [7, 11) is 0. The summed E-state index contributed by atoms with van der Waals surface area (Å²) in [5.74, 6) is -0.401. The topological polar surface area (TPSA) is 151 Å². The predicted octanol–water partition coefficient (Wildman–Crippen LogP) is 0.447. The van der Waals surface area contributed by atoms with Gasteiger partial charge in [0.05, 0.1) is 16.4 Å². The van der Waals surface area contributed by atoms with Gasteiger partial charge in [-0.1, -0.05) is 0 Å². The normalized spacial score (nSPS) is 11.2. The van der Waals surface area contributed by atoms with Crippen molar-refractivity contribution in [2.45, 2.75) is 25.9 Å². The van der Waals surface area contributed by atoms with Gasteiger partial charge in [-0.15, -0.1) is 0 Å². The highest BCUT2D eigenvalue weighted by molar-refractivity contribution is 5.83. The molecule has 0 bridgehead atoms. The molecule has 0 saturated carbocycles. The molecule has 2 heterocycles. The van der Waals surface area contributed by atoms with Crippen LogP contribution in [0, 0.1) is 20.2 Å². The summed E-state index contributed by atoms with van der Waals surface area (Å²) >= 11 is 0. The molecule has 0 atom stereocenters. The Morgan fingerprint density at radius 2 is 1.75 bits per heavy atom. The molecule has 128 valence electrons. The Morgan fingerprint density at radius 1 is 1.17 bits per heavy atom. The molecule has 0 saturated heterocycles. The Kier molecular flexibility index (Phi) is 4.57. The molecule has 0 radical (unpaired) electrons. The van der Waals surface area contributed by atoms with Crippen LogP contribution in [0.1, 0.15) is 13.8 Å². The fourth-order valence-electron chi connectivity index (χ4n) is 1.89. The second-order valence-corrected chi connectivity index (χ2v) is 5.43. The number of hydrogen-bond acceptors (Lipinski definition) is 7. The third-order valence-corrected chi connectivity index (χ3v) is 3.37. The molecule has 24 heavy (non-hydrogen) atoms. The number of nitrogens with one attached hydrogen (secondary N) is 1. The van der Waals surface area contributed by atoms with Crippen LogP contribution in [0.2, 0.25) is 0 Å². The Bertz CT molecular complexity index is 778. The molecule has 0 aliphatic carbocycles. The van der Waals surface area contributed by atoms with Crippen LogP contribution < -0.4 is 5.32 Å². The maximum absolute atomic E-state index is 12.3. The van der Waals surface area contributed by atoms with Gasteiger partial charge < -0.3 is 5.32 Å². The van der Waals surface area contributed by atoms with Gasteiger partial charge in [0.25, 0.3) is 0 Å². The number of nitro groups is 2. The number of carbonyl (C=O) groups is 1. The average molecular weight is 337 g/mol. The van der Waals surface area contributed by atoms with Gasteiger partial charge in [-0.25, -0.2) is 0 Å². The average Bonchev–Trinajstić information content (AvgIpc) is 3.16. The van der Waals surface area contributed by atoms with E-state index in [1.165, 1.54) is 21.8 Å². The second-order valence-electron chi connectivity index (χ2n) is 5.43.